The predicted molar refractivity (Wildman–Crippen MR) is 103 cm³/mol. The number of methoxy groups -OCH3 is 1. The predicted octanol–water partition coefficient (Wildman–Crippen LogP) is 2.52. The molecule has 1 unspecified atom stereocenters. The quantitative estimate of drug-likeness (QED) is 0.558. The number of ether oxygens (including phenoxy) is 2. The zero-order valence-corrected chi connectivity index (χ0v) is 16.1. The second-order valence-corrected chi connectivity index (χ2v) is 6.22. The molecule has 3 rings (SSSR count). The average Bonchev–Trinajstić information content (AvgIpc) is 3.28. The molecular weight excluding hydrogens is 358 g/mol. The fraction of sp³-hybridized carbons (Fsp3) is 0.300. The summed E-state index contributed by atoms with van der Waals surface area (Å²) in [5.41, 5.74) is 2.33. The molecule has 0 saturated heterocycles. The number of aromatic nitrogens is 4. The van der Waals surface area contributed by atoms with E-state index >= 15 is 0 Å². The van der Waals surface area contributed by atoms with Crippen LogP contribution in [0, 0.1) is 0 Å². The van der Waals surface area contributed by atoms with Gasteiger partial charge in [0.15, 0.2) is 0 Å². The molecule has 0 bridgehead atoms. The third-order valence-electron chi connectivity index (χ3n) is 4.49. The van der Waals surface area contributed by atoms with Crippen LogP contribution in [-0.4, -0.2) is 57.9 Å². The zero-order valence-electron chi connectivity index (χ0n) is 16.1. The lowest BCUT2D eigenvalue weighted by molar-refractivity contribution is 0.0734. The Labute approximate surface area is 163 Å². The lowest BCUT2D eigenvalue weighted by Crippen LogP contribution is -2.30. The van der Waals surface area contributed by atoms with Crippen molar-refractivity contribution in [3.05, 3.63) is 66.4 Å². The molecule has 3 aromatic rings. The summed E-state index contributed by atoms with van der Waals surface area (Å²) in [6.07, 6.45) is 4.73. The number of amides is 1. The minimum Gasteiger partial charge on any atom is -0.475 e. The van der Waals surface area contributed by atoms with E-state index in [4.69, 9.17) is 9.47 Å². The summed E-state index contributed by atoms with van der Waals surface area (Å²) in [7, 11) is 3.36. The molecule has 28 heavy (non-hydrogen) atoms. The molecule has 0 fully saturated rings. The Bertz CT molecular complexity index is 896. The second-order valence-electron chi connectivity index (χ2n) is 6.22. The Morgan fingerprint density at radius 3 is 2.68 bits per heavy atom. The fourth-order valence-corrected chi connectivity index (χ4v) is 2.73. The van der Waals surface area contributed by atoms with Crippen molar-refractivity contribution in [2.45, 2.75) is 13.0 Å². The molecule has 0 radical (unpaired) electrons. The van der Waals surface area contributed by atoms with Crippen molar-refractivity contribution < 1.29 is 14.3 Å². The second kappa shape index (κ2) is 9.09. The SMILES string of the molecule is COCCOc1ncccc1C(=O)N(C)C(C)c1ccc(-n2cncn2)cc1. The highest BCUT2D eigenvalue weighted by Gasteiger charge is 2.22. The van der Waals surface area contributed by atoms with Gasteiger partial charge in [-0.05, 0) is 36.8 Å². The van der Waals surface area contributed by atoms with Gasteiger partial charge in [-0.1, -0.05) is 12.1 Å². The minimum absolute atomic E-state index is 0.135. The van der Waals surface area contributed by atoms with Crippen molar-refractivity contribution in [2.75, 3.05) is 27.4 Å². The maximum absolute atomic E-state index is 13.0. The molecule has 146 valence electrons. The van der Waals surface area contributed by atoms with Crippen LogP contribution in [0.4, 0.5) is 0 Å². The van der Waals surface area contributed by atoms with E-state index in [9.17, 15) is 4.79 Å². The average molecular weight is 381 g/mol. The first-order valence-corrected chi connectivity index (χ1v) is 8.90. The zero-order chi connectivity index (χ0) is 19.9. The first kappa shape index (κ1) is 19.5. The number of hydrogen-bond donors (Lipinski definition) is 0. The molecule has 0 N–H and O–H groups in total. The number of carbonyl (C=O) groups is 1. The van der Waals surface area contributed by atoms with Crippen LogP contribution in [0.15, 0.2) is 55.2 Å². The maximum Gasteiger partial charge on any atom is 0.259 e. The molecule has 0 spiro atoms. The van der Waals surface area contributed by atoms with E-state index in [1.165, 1.54) is 6.33 Å². The molecule has 8 heteroatoms. The Balaban J connectivity index is 1.74. The van der Waals surface area contributed by atoms with Gasteiger partial charge >= 0.3 is 0 Å². The Morgan fingerprint density at radius 2 is 2.00 bits per heavy atom. The summed E-state index contributed by atoms with van der Waals surface area (Å²) in [4.78, 5) is 22.8. The van der Waals surface area contributed by atoms with Gasteiger partial charge in [0, 0.05) is 20.4 Å². The van der Waals surface area contributed by atoms with Crippen LogP contribution in [-0.2, 0) is 4.74 Å². The van der Waals surface area contributed by atoms with Crippen molar-refractivity contribution >= 4 is 5.91 Å². The largest absolute Gasteiger partial charge is 0.475 e. The van der Waals surface area contributed by atoms with Gasteiger partial charge in [-0.3, -0.25) is 4.79 Å². The Morgan fingerprint density at radius 1 is 1.21 bits per heavy atom. The van der Waals surface area contributed by atoms with Gasteiger partial charge in [0.1, 0.15) is 24.8 Å². The lowest BCUT2D eigenvalue weighted by Gasteiger charge is -2.26. The number of carbonyl (C=O) groups excluding carboxylic acids is 1. The Hall–Kier alpha value is -3.26. The molecule has 8 nitrogen and oxygen atoms in total. The van der Waals surface area contributed by atoms with Crippen LogP contribution >= 0.6 is 0 Å². The van der Waals surface area contributed by atoms with E-state index in [1.807, 2.05) is 31.2 Å². The third-order valence-corrected chi connectivity index (χ3v) is 4.49. The number of rotatable bonds is 8. The molecule has 0 aliphatic rings. The molecule has 2 aromatic heterocycles. The van der Waals surface area contributed by atoms with Crippen LogP contribution < -0.4 is 4.74 Å². The van der Waals surface area contributed by atoms with Crippen molar-refractivity contribution in [3.8, 4) is 11.6 Å². The number of pyridine rings is 1. The first-order valence-electron chi connectivity index (χ1n) is 8.90. The van der Waals surface area contributed by atoms with Gasteiger partial charge in [0.25, 0.3) is 5.91 Å². The minimum atomic E-state index is -0.159. The number of nitrogens with zero attached hydrogens (tertiary/aromatic N) is 5. The first-order chi connectivity index (χ1) is 13.6. The van der Waals surface area contributed by atoms with Crippen molar-refractivity contribution in [2.24, 2.45) is 0 Å². The normalized spacial score (nSPS) is 11.8. The van der Waals surface area contributed by atoms with E-state index < -0.39 is 0 Å². The van der Waals surface area contributed by atoms with E-state index in [-0.39, 0.29) is 11.9 Å². The van der Waals surface area contributed by atoms with E-state index in [0.29, 0.717) is 24.7 Å². The summed E-state index contributed by atoms with van der Waals surface area (Å²) in [5.74, 6) is 0.151. The summed E-state index contributed by atoms with van der Waals surface area (Å²) < 4.78 is 12.3. The van der Waals surface area contributed by atoms with E-state index in [2.05, 4.69) is 15.1 Å². The van der Waals surface area contributed by atoms with Crippen LogP contribution in [0.1, 0.15) is 28.9 Å². The third kappa shape index (κ3) is 4.34. The molecule has 1 amide bonds. The highest BCUT2D eigenvalue weighted by Crippen LogP contribution is 2.24. The molecule has 0 saturated carbocycles. The molecule has 0 aliphatic heterocycles. The molecule has 0 aliphatic carbocycles. The van der Waals surface area contributed by atoms with Crippen LogP contribution in [0.5, 0.6) is 5.88 Å². The fourth-order valence-electron chi connectivity index (χ4n) is 2.73. The van der Waals surface area contributed by atoms with E-state index in [1.54, 1.807) is 48.4 Å². The smallest absolute Gasteiger partial charge is 0.259 e. The molecule has 2 heterocycles. The van der Waals surface area contributed by atoms with Crippen molar-refractivity contribution in [1.29, 1.82) is 0 Å². The summed E-state index contributed by atoms with van der Waals surface area (Å²) in [5, 5.41) is 4.12. The van der Waals surface area contributed by atoms with Gasteiger partial charge in [-0.25, -0.2) is 14.6 Å². The topological polar surface area (TPSA) is 82.4 Å². The highest BCUT2D eigenvalue weighted by molar-refractivity contribution is 5.96. The van der Waals surface area contributed by atoms with Gasteiger partial charge in [0.05, 0.1) is 18.3 Å². The van der Waals surface area contributed by atoms with Gasteiger partial charge in [-0.15, -0.1) is 0 Å². The van der Waals surface area contributed by atoms with Crippen LogP contribution in [0.25, 0.3) is 5.69 Å². The van der Waals surface area contributed by atoms with Crippen LogP contribution in [0.2, 0.25) is 0 Å². The summed E-state index contributed by atoms with van der Waals surface area (Å²) in [6, 6.07) is 11.2. The van der Waals surface area contributed by atoms with Crippen LogP contribution in [0.3, 0.4) is 0 Å². The molecule has 1 aromatic carbocycles. The summed E-state index contributed by atoms with van der Waals surface area (Å²) >= 11 is 0. The standard InChI is InChI=1S/C20H23N5O3/c1-15(16-6-8-17(9-7-16)25-14-21-13-23-25)24(2)20(26)18-5-4-10-22-19(18)28-12-11-27-3/h4-10,13-15H,11-12H2,1-3H3. The number of benzene rings is 1. The lowest BCUT2D eigenvalue weighted by atomic mass is 10.1. The molecule has 1 atom stereocenters. The van der Waals surface area contributed by atoms with Gasteiger partial charge in [-0.2, -0.15) is 5.10 Å². The summed E-state index contributed by atoms with van der Waals surface area (Å²) in [6.45, 7) is 2.73. The highest BCUT2D eigenvalue weighted by atomic mass is 16.5. The van der Waals surface area contributed by atoms with Gasteiger partial charge < -0.3 is 14.4 Å². The number of hydrogen-bond acceptors (Lipinski definition) is 6. The van der Waals surface area contributed by atoms with Gasteiger partial charge in [0.2, 0.25) is 5.88 Å². The molecular formula is C20H23N5O3. The maximum atomic E-state index is 13.0. The van der Waals surface area contributed by atoms with Crippen molar-refractivity contribution in [1.82, 2.24) is 24.6 Å². The van der Waals surface area contributed by atoms with Crippen molar-refractivity contribution in [3.63, 3.8) is 0 Å². The van der Waals surface area contributed by atoms with E-state index in [0.717, 1.165) is 11.3 Å². The Kier molecular flexibility index (Phi) is 6.33. The monoisotopic (exact) mass is 381 g/mol.